The van der Waals surface area contributed by atoms with Crippen molar-refractivity contribution in [2.75, 3.05) is 42.7 Å². The maximum atomic E-state index is 11.8. The summed E-state index contributed by atoms with van der Waals surface area (Å²) in [5.41, 5.74) is 5.95. The van der Waals surface area contributed by atoms with Crippen LogP contribution in [0.5, 0.6) is 34.5 Å². The highest BCUT2D eigenvalue weighted by Crippen LogP contribution is 2.54. The molecule has 0 saturated carbocycles. The Balaban J connectivity index is 1.71. The number of aryl methyl sites for hydroxylation is 2. The van der Waals surface area contributed by atoms with Gasteiger partial charge >= 0.3 is 0 Å². The molecule has 0 bridgehead atoms. The molecule has 0 fully saturated rings. The van der Waals surface area contributed by atoms with Crippen molar-refractivity contribution in [3.63, 3.8) is 0 Å². The summed E-state index contributed by atoms with van der Waals surface area (Å²) in [6.45, 7) is 4.02. The highest BCUT2D eigenvalue weighted by atomic mass is 16.5. The Morgan fingerprint density at radius 2 is 0.760 bits per heavy atom. The molecule has 50 heavy (non-hydrogen) atoms. The van der Waals surface area contributed by atoms with Crippen LogP contribution in [-0.4, -0.2) is 52.9 Å². The molecule has 0 aliphatic carbocycles. The van der Waals surface area contributed by atoms with Crippen molar-refractivity contribution in [2.24, 2.45) is 0 Å². The van der Waals surface area contributed by atoms with Crippen molar-refractivity contribution in [2.45, 2.75) is 26.1 Å². The minimum Gasteiger partial charge on any atom is -0.495 e. The maximum absolute atomic E-state index is 11.8. The van der Waals surface area contributed by atoms with Crippen molar-refractivity contribution in [3.8, 4) is 45.6 Å². The van der Waals surface area contributed by atoms with E-state index in [1.54, 1.807) is 42.7 Å². The quantitative estimate of drug-likeness (QED) is 0.141. The predicted octanol–water partition coefficient (Wildman–Crippen LogP) is 8.49. The summed E-state index contributed by atoms with van der Waals surface area (Å²) in [4.78, 5) is 0. The highest BCUT2D eigenvalue weighted by molar-refractivity contribution is 6.06. The fraction of sp³-hybridized carbons (Fsp3) is 0.238. The zero-order valence-corrected chi connectivity index (χ0v) is 29.6. The highest BCUT2D eigenvalue weighted by Gasteiger charge is 2.30. The third kappa shape index (κ3) is 5.60. The molecule has 6 rings (SSSR count). The van der Waals surface area contributed by atoms with Gasteiger partial charge < -0.3 is 38.6 Å². The second kappa shape index (κ2) is 14.2. The molecule has 8 heteroatoms. The van der Waals surface area contributed by atoms with Gasteiger partial charge in [0.2, 0.25) is 0 Å². The van der Waals surface area contributed by atoms with Crippen LogP contribution in [0, 0.1) is 13.8 Å². The number of hydrogen-bond acceptors (Lipinski definition) is 8. The van der Waals surface area contributed by atoms with E-state index < -0.39 is 12.2 Å². The van der Waals surface area contributed by atoms with Crippen LogP contribution >= 0.6 is 0 Å². The first-order valence-corrected chi connectivity index (χ1v) is 16.2. The van der Waals surface area contributed by atoms with Gasteiger partial charge in [-0.1, -0.05) is 72.8 Å². The molecule has 2 atom stereocenters. The molecular formula is C42H42O8. The Morgan fingerprint density at radius 3 is 1.06 bits per heavy atom. The first-order chi connectivity index (χ1) is 24.2. The standard InChI is InChI=1S/C42H42O8/c1-23-19-27-29(21-31(45-3)41(49-7)35(27)37(43)25-15-11-9-12-16-25)39(47-5)33(23)34-24(2)20-28-30(40(34)48-6)22-32(46-4)42(50-8)36(28)38(44)26-17-13-10-14-18-26/h9-22,37-38,43-44H,1-8H3. The summed E-state index contributed by atoms with van der Waals surface area (Å²) in [7, 11) is 9.55. The number of benzene rings is 6. The van der Waals surface area contributed by atoms with Crippen molar-refractivity contribution in [1.82, 2.24) is 0 Å². The van der Waals surface area contributed by atoms with E-state index in [-0.39, 0.29) is 0 Å². The first kappa shape index (κ1) is 34.4. The topological polar surface area (TPSA) is 95.8 Å². The van der Waals surface area contributed by atoms with Crippen LogP contribution in [-0.2, 0) is 0 Å². The smallest absolute Gasteiger partial charge is 0.167 e. The van der Waals surface area contributed by atoms with E-state index in [4.69, 9.17) is 28.4 Å². The summed E-state index contributed by atoms with van der Waals surface area (Å²) in [6.07, 6.45) is -2.01. The van der Waals surface area contributed by atoms with Crippen LogP contribution in [0.3, 0.4) is 0 Å². The molecule has 8 nitrogen and oxygen atoms in total. The second-order valence-electron chi connectivity index (χ2n) is 12.1. The summed E-state index contributed by atoms with van der Waals surface area (Å²) in [5.74, 6) is 2.95. The van der Waals surface area contributed by atoms with Crippen LogP contribution < -0.4 is 28.4 Å². The van der Waals surface area contributed by atoms with Crippen LogP contribution in [0.25, 0.3) is 32.7 Å². The molecule has 0 spiro atoms. The molecule has 6 aromatic carbocycles. The lowest BCUT2D eigenvalue weighted by atomic mass is 9.85. The van der Waals surface area contributed by atoms with E-state index in [1.165, 1.54) is 0 Å². The summed E-state index contributed by atoms with van der Waals surface area (Å²) < 4.78 is 35.9. The minimum atomic E-state index is -1.01. The number of rotatable bonds is 11. The molecule has 2 unspecified atom stereocenters. The first-order valence-electron chi connectivity index (χ1n) is 16.2. The van der Waals surface area contributed by atoms with Crippen LogP contribution in [0.2, 0.25) is 0 Å². The maximum Gasteiger partial charge on any atom is 0.167 e. The van der Waals surface area contributed by atoms with E-state index in [9.17, 15) is 10.2 Å². The summed E-state index contributed by atoms with van der Waals surface area (Å²) in [5, 5.41) is 26.6. The van der Waals surface area contributed by atoms with Gasteiger partial charge in [-0.25, -0.2) is 0 Å². The number of ether oxygens (including phenoxy) is 6. The Morgan fingerprint density at radius 1 is 0.420 bits per heavy atom. The van der Waals surface area contributed by atoms with Gasteiger partial charge in [-0.05, 0) is 59.0 Å². The summed E-state index contributed by atoms with van der Waals surface area (Å²) in [6, 6.07) is 26.7. The fourth-order valence-corrected chi connectivity index (χ4v) is 7.16. The largest absolute Gasteiger partial charge is 0.495 e. The lowest BCUT2D eigenvalue weighted by Crippen LogP contribution is -2.07. The Bertz CT molecular complexity index is 2020. The molecule has 6 aromatic rings. The third-order valence-electron chi connectivity index (χ3n) is 9.39. The molecule has 0 aliphatic heterocycles. The number of aliphatic hydroxyl groups is 2. The van der Waals surface area contributed by atoms with Gasteiger partial charge in [-0.2, -0.15) is 0 Å². The van der Waals surface area contributed by atoms with Gasteiger partial charge in [0.15, 0.2) is 23.0 Å². The molecule has 0 saturated heterocycles. The van der Waals surface area contributed by atoms with Crippen molar-refractivity contribution in [3.05, 3.63) is 118 Å². The molecule has 2 N–H and O–H groups in total. The van der Waals surface area contributed by atoms with Gasteiger partial charge in [0.25, 0.3) is 0 Å². The molecule has 0 aliphatic rings. The van der Waals surface area contributed by atoms with E-state index in [0.717, 1.165) is 43.8 Å². The minimum absolute atomic E-state index is 0.440. The van der Waals surface area contributed by atoms with Crippen molar-refractivity contribution >= 4 is 21.5 Å². The van der Waals surface area contributed by atoms with Crippen LogP contribution in [0.4, 0.5) is 0 Å². The second-order valence-corrected chi connectivity index (χ2v) is 12.1. The number of fused-ring (bicyclic) bond motifs is 2. The molecular weight excluding hydrogens is 632 g/mol. The third-order valence-corrected chi connectivity index (χ3v) is 9.39. The summed E-state index contributed by atoms with van der Waals surface area (Å²) >= 11 is 0. The van der Waals surface area contributed by atoms with Crippen molar-refractivity contribution in [1.29, 1.82) is 0 Å². The average molecular weight is 675 g/mol. The van der Waals surface area contributed by atoms with Gasteiger partial charge in [0.1, 0.15) is 23.7 Å². The Kier molecular flexibility index (Phi) is 9.77. The number of methoxy groups -OCH3 is 6. The molecule has 0 radical (unpaired) electrons. The molecule has 0 aromatic heterocycles. The van der Waals surface area contributed by atoms with Crippen LogP contribution in [0.15, 0.2) is 84.9 Å². The fourth-order valence-electron chi connectivity index (χ4n) is 7.16. The van der Waals surface area contributed by atoms with E-state index in [1.807, 2.05) is 98.8 Å². The molecule has 258 valence electrons. The lowest BCUT2D eigenvalue weighted by Gasteiger charge is -2.26. The van der Waals surface area contributed by atoms with E-state index >= 15 is 0 Å². The van der Waals surface area contributed by atoms with Gasteiger partial charge in [0, 0.05) is 33.0 Å². The Hall–Kier alpha value is -5.44. The Labute approximate surface area is 292 Å². The zero-order chi connectivity index (χ0) is 35.7. The SMILES string of the molecule is COc1cc2c(OC)c(-c3c(C)cc4c(C(O)c5ccccc5)c(OC)c(OC)cc4c3OC)c(C)cc2c(C(O)c2ccccc2)c1OC. The van der Waals surface area contributed by atoms with Gasteiger partial charge in [-0.15, -0.1) is 0 Å². The average Bonchev–Trinajstić information content (AvgIpc) is 3.15. The number of aliphatic hydroxyl groups excluding tert-OH is 2. The predicted molar refractivity (Wildman–Crippen MR) is 197 cm³/mol. The normalized spacial score (nSPS) is 12.4. The van der Waals surface area contributed by atoms with Crippen molar-refractivity contribution < 1.29 is 38.6 Å². The molecule has 0 amide bonds. The zero-order valence-electron chi connectivity index (χ0n) is 29.6. The van der Waals surface area contributed by atoms with E-state index in [0.29, 0.717) is 56.8 Å². The number of hydrogen-bond donors (Lipinski definition) is 2. The lowest BCUT2D eigenvalue weighted by molar-refractivity contribution is 0.214. The van der Waals surface area contributed by atoms with Gasteiger partial charge in [0.05, 0.1) is 42.7 Å². The van der Waals surface area contributed by atoms with Gasteiger partial charge in [-0.3, -0.25) is 0 Å². The monoisotopic (exact) mass is 674 g/mol. The molecule has 0 heterocycles. The van der Waals surface area contributed by atoms with Crippen LogP contribution in [0.1, 0.15) is 45.6 Å². The van der Waals surface area contributed by atoms with E-state index in [2.05, 4.69) is 0 Å².